The number of hydrogen-bond acceptors (Lipinski definition) is 4. The Morgan fingerprint density at radius 3 is 2.18 bits per heavy atom. The van der Waals surface area contributed by atoms with Gasteiger partial charge in [-0.25, -0.2) is 4.79 Å². The minimum Gasteiger partial charge on any atom is -0.489 e. The van der Waals surface area contributed by atoms with Gasteiger partial charge in [-0.05, 0) is 87.6 Å². The molecule has 7 heteroatoms. The van der Waals surface area contributed by atoms with Crippen LogP contribution in [0.5, 0.6) is 5.75 Å². The molecule has 1 saturated heterocycles. The third-order valence-electron chi connectivity index (χ3n) is 8.92. The van der Waals surface area contributed by atoms with Crippen LogP contribution >= 0.6 is 0 Å². The predicted molar refractivity (Wildman–Crippen MR) is 180 cm³/mol. The summed E-state index contributed by atoms with van der Waals surface area (Å²) in [6, 6.07) is 17.9. The van der Waals surface area contributed by atoms with E-state index in [9.17, 15) is 9.59 Å². The Kier molecular flexibility index (Phi) is 12.8. The first-order chi connectivity index (χ1) is 21.2. The van der Waals surface area contributed by atoms with Gasteiger partial charge in [0.25, 0.3) is 0 Å². The summed E-state index contributed by atoms with van der Waals surface area (Å²) in [6.07, 6.45) is 11.4. The maximum Gasteiger partial charge on any atom is 0.318 e. The molecule has 0 radical (unpaired) electrons. The lowest BCUT2D eigenvalue weighted by Gasteiger charge is -2.38. The summed E-state index contributed by atoms with van der Waals surface area (Å²) >= 11 is 0. The van der Waals surface area contributed by atoms with Gasteiger partial charge in [-0.15, -0.1) is 0 Å². The number of benzene rings is 2. The Labute approximate surface area is 266 Å². The molecule has 0 aromatic heterocycles. The number of hydrogen-bond donors (Lipinski definition) is 2. The van der Waals surface area contributed by atoms with Crippen LogP contribution < -0.4 is 20.3 Å². The third kappa shape index (κ3) is 11.0. The largest absolute Gasteiger partial charge is 0.489 e. The summed E-state index contributed by atoms with van der Waals surface area (Å²) < 4.78 is 6.06. The molecule has 1 saturated carbocycles. The van der Waals surface area contributed by atoms with Crippen molar-refractivity contribution in [2.24, 2.45) is 11.8 Å². The number of urea groups is 1. The standard InChI is InChI=1S/C37H56N4O3/c1-29(2)25-34(38-36(43)40-23-13-5-6-14-24-40)35(42)39-37(3,4)28-41(26-30-15-9-7-10-16-30)32-19-21-33(22-20-32)44-27-31-17-11-8-12-18-31/h8,11-12,17-22,29-30,34H,5-7,9-10,13-16,23-28H2,1-4H3,(H,38,43)(H,39,42). The summed E-state index contributed by atoms with van der Waals surface area (Å²) in [5.41, 5.74) is 1.78. The molecular formula is C37H56N4O3. The zero-order valence-corrected chi connectivity index (χ0v) is 27.7. The second kappa shape index (κ2) is 16.7. The number of carbonyl (C=O) groups is 2. The van der Waals surface area contributed by atoms with Crippen LogP contribution in [0.25, 0.3) is 0 Å². The molecular weight excluding hydrogens is 548 g/mol. The van der Waals surface area contributed by atoms with E-state index in [1.165, 1.54) is 32.1 Å². The summed E-state index contributed by atoms with van der Waals surface area (Å²) in [6.45, 7) is 12.1. The lowest BCUT2D eigenvalue weighted by molar-refractivity contribution is -0.124. The van der Waals surface area contributed by atoms with Crippen LogP contribution in [0, 0.1) is 11.8 Å². The Morgan fingerprint density at radius 2 is 1.55 bits per heavy atom. The van der Waals surface area contributed by atoms with Gasteiger partial charge in [0.2, 0.25) is 5.91 Å². The summed E-state index contributed by atoms with van der Waals surface area (Å²) in [5, 5.41) is 6.43. The van der Waals surface area contributed by atoms with E-state index < -0.39 is 11.6 Å². The number of anilines is 1. The second-order valence-corrected chi connectivity index (χ2v) is 14.1. The molecule has 2 N–H and O–H groups in total. The monoisotopic (exact) mass is 604 g/mol. The van der Waals surface area contributed by atoms with Crippen LogP contribution in [-0.2, 0) is 11.4 Å². The van der Waals surface area contributed by atoms with E-state index in [2.05, 4.69) is 79.6 Å². The summed E-state index contributed by atoms with van der Waals surface area (Å²) in [4.78, 5) is 31.2. The van der Waals surface area contributed by atoms with E-state index in [-0.39, 0.29) is 17.9 Å². The average Bonchev–Trinajstić information content (AvgIpc) is 3.30. The van der Waals surface area contributed by atoms with Gasteiger partial charge in [-0.2, -0.15) is 0 Å². The fourth-order valence-electron chi connectivity index (χ4n) is 6.59. The molecule has 2 aromatic carbocycles. The molecule has 2 aromatic rings. The van der Waals surface area contributed by atoms with Crippen molar-refractivity contribution in [3.63, 3.8) is 0 Å². The molecule has 2 fully saturated rings. The molecule has 1 aliphatic heterocycles. The highest BCUT2D eigenvalue weighted by Gasteiger charge is 2.31. The van der Waals surface area contributed by atoms with Crippen LogP contribution in [0.15, 0.2) is 54.6 Å². The van der Waals surface area contributed by atoms with Crippen LogP contribution in [0.1, 0.15) is 97.5 Å². The van der Waals surface area contributed by atoms with Gasteiger partial charge in [0.15, 0.2) is 0 Å². The topological polar surface area (TPSA) is 73.9 Å². The van der Waals surface area contributed by atoms with Crippen LogP contribution in [-0.4, -0.2) is 54.6 Å². The van der Waals surface area contributed by atoms with Gasteiger partial charge in [-0.3, -0.25) is 4.79 Å². The molecule has 7 nitrogen and oxygen atoms in total. The Balaban J connectivity index is 1.42. The van der Waals surface area contributed by atoms with E-state index in [1.807, 2.05) is 23.1 Å². The normalized spacial score (nSPS) is 17.1. The number of ether oxygens (including phenoxy) is 1. The fourth-order valence-corrected chi connectivity index (χ4v) is 6.59. The molecule has 3 amide bonds. The zero-order valence-electron chi connectivity index (χ0n) is 27.7. The van der Waals surface area contributed by atoms with Gasteiger partial charge < -0.3 is 25.2 Å². The summed E-state index contributed by atoms with van der Waals surface area (Å²) in [7, 11) is 0. The smallest absolute Gasteiger partial charge is 0.318 e. The van der Waals surface area contributed by atoms with E-state index in [0.717, 1.165) is 62.3 Å². The first-order valence-electron chi connectivity index (χ1n) is 17.1. The molecule has 2 aliphatic rings. The van der Waals surface area contributed by atoms with Crippen LogP contribution in [0.2, 0.25) is 0 Å². The van der Waals surface area contributed by atoms with Gasteiger partial charge in [0.1, 0.15) is 18.4 Å². The zero-order chi connectivity index (χ0) is 31.4. The fraction of sp³-hybridized carbons (Fsp3) is 0.622. The number of likely N-dealkylation sites (tertiary alicyclic amines) is 1. The SMILES string of the molecule is CC(C)CC(NC(=O)N1CCCCCC1)C(=O)NC(C)(C)CN(CC1CCCCC1)c1ccc(OCc2ccccc2)cc1. The lowest BCUT2D eigenvalue weighted by Crippen LogP contribution is -2.58. The van der Waals surface area contributed by atoms with Gasteiger partial charge in [-0.1, -0.05) is 76.3 Å². The molecule has 0 spiro atoms. The number of nitrogens with one attached hydrogen (secondary N) is 2. The number of rotatable bonds is 13. The molecule has 1 heterocycles. The highest BCUT2D eigenvalue weighted by molar-refractivity contribution is 5.87. The van der Waals surface area contributed by atoms with Crippen molar-refractivity contribution in [2.75, 3.05) is 31.1 Å². The van der Waals surface area contributed by atoms with Crippen LogP contribution in [0.3, 0.4) is 0 Å². The third-order valence-corrected chi connectivity index (χ3v) is 8.92. The Morgan fingerprint density at radius 1 is 0.909 bits per heavy atom. The van der Waals surface area contributed by atoms with Crippen molar-refractivity contribution in [1.82, 2.24) is 15.5 Å². The maximum atomic E-state index is 13.7. The molecule has 1 aliphatic carbocycles. The Hall–Kier alpha value is -3.22. The molecule has 44 heavy (non-hydrogen) atoms. The van der Waals surface area contributed by atoms with Gasteiger partial charge in [0, 0.05) is 31.9 Å². The van der Waals surface area contributed by atoms with Crippen molar-refractivity contribution in [2.45, 2.75) is 110 Å². The van der Waals surface area contributed by atoms with Crippen molar-refractivity contribution in [1.29, 1.82) is 0 Å². The van der Waals surface area contributed by atoms with Gasteiger partial charge >= 0.3 is 6.03 Å². The first-order valence-corrected chi connectivity index (χ1v) is 17.1. The molecule has 1 unspecified atom stereocenters. The van der Waals surface area contributed by atoms with Crippen molar-refractivity contribution in [3.05, 3.63) is 60.2 Å². The number of nitrogens with zero attached hydrogens (tertiary/aromatic N) is 2. The molecule has 4 rings (SSSR count). The number of carbonyl (C=O) groups excluding carboxylic acids is 2. The predicted octanol–water partition coefficient (Wildman–Crippen LogP) is 7.55. The Bertz CT molecular complexity index is 1140. The van der Waals surface area contributed by atoms with Crippen molar-refractivity contribution in [3.8, 4) is 5.75 Å². The number of amides is 3. The quantitative estimate of drug-likeness (QED) is 0.248. The van der Waals surface area contributed by atoms with Crippen molar-refractivity contribution < 1.29 is 14.3 Å². The molecule has 0 bridgehead atoms. The first kappa shape index (κ1) is 33.7. The van der Waals surface area contributed by atoms with Crippen molar-refractivity contribution >= 4 is 17.6 Å². The maximum absolute atomic E-state index is 13.7. The van der Waals surface area contributed by atoms with E-state index >= 15 is 0 Å². The highest BCUT2D eigenvalue weighted by Crippen LogP contribution is 2.29. The minimum absolute atomic E-state index is 0.103. The average molecular weight is 605 g/mol. The minimum atomic E-state index is -0.558. The highest BCUT2D eigenvalue weighted by atomic mass is 16.5. The second-order valence-electron chi connectivity index (χ2n) is 14.1. The molecule has 242 valence electrons. The van der Waals surface area contributed by atoms with Crippen LogP contribution in [0.4, 0.5) is 10.5 Å². The van der Waals surface area contributed by atoms with E-state index in [4.69, 9.17) is 4.74 Å². The van der Waals surface area contributed by atoms with E-state index in [0.29, 0.717) is 25.5 Å². The summed E-state index contributed by atoms with van der Waals surface area (Å²) in [5.74, 6) is 1.67. The lowest BCUT2D eigenvalue weighted by atomic mass is 9.88. The van der Waals surface area contributed by atoms with E-state index in [1.54, 1.807) is 0 Å². The molecule has 1 atom stereocenters. The van der Waals surface area contributed by atoms with Gasteiger partial charge in [0.05, 0.1) is 5.54 Å².